The highest BCUT2D eigenvalue weighted by Gasteiger charge is 2.20. The van der Waals surface area contributed by atoms with Gasteiger partial charge in [0.05, 0.1) is 16.7 Å². The van der Waals surface area contributed by atoms with E-state index in [0.717, 1.165) is 44.5 Å². The predicted molar refractivity (Wildman–Crippen MR) is 155 cm³/mol. The van der Waals surface area contributed by atoms with Gasteiger partial charge in [0.15, 0.2) is 0 Å². The van der Waals surface area contributed by atoms with E-state index in [1.54, 1.807) is 6.07 Å². The van der Waals surface area contributed by atoms with Crippen molar-refractivity contribution in [1.29, 1.82) is 0 Å². The minimum atomic E-state index is -0.511. The molecule has 1 amide bonds. The number of carbonyl (C=O) groups excluding carboxylic acids is 1. The second-order valence-corrected chi connectivity index (χ2v) is 11.4. The summed E-state index contributed by atoms with van der Waals surface area (Å²) in [5.74, 6) is 2.04. The number of carbonyl (C=O) groups is 1. The fourth-order valence-corrected chi connectivity index (χ4v) is 6.95. The zero-order valence-corrected chi connectivity index (χ0v) is 23.5. The number of aromatic hydroxyl groups is 1. The van der Waals surface area contributed by atoms with Gasteiger partial charge in [-0.15, -0.1) is 0 Å². The van der Waals surface area contributed by atoms with Crippen LogP contribution in [-0.2, 0) is 4.79 Å². The molecule has 1 aliphatic heterocycles. The topological polar surface area (TPSA) is 73.8 Å². The number of nitrogens with zero attached hydrogens (tertiary/aromatic N) is 1. The molecule has 8 heteroatoms. The largest absolute Gasteiger partial charge is 0.507 e. The second-order valence-electron chi connectivity index (χ2n) is 7.79. The van der Waals surface area contributed by atoms with Gasteiger partial charge in [-0.1, -0.05) is 69.8 Å². The molecule has 0 aliphatic carbocycles. The van der Waals surface area contributed by atoms with Crippen molar-refractivity contribution in [2.75, 3.05) is 26.7 Å². The van der Waals surface area contributed by atoms with E-state index in [9.17, 15) is 9.90 Å². The van der Waals surface area contributed by atoms with Crippen LogP contribution < -0.4 is 15.4 Å². The predicted octanol–water partition coefficient (Wildman–Crippen LogP) is 5.38. The average Bonchev–Trinajstić information content (AvgIpc) is 2.87. The van der Waals surface area contributed by atoms with E-state index >= 15 is 0 Å². The monoisotopic (exact) mass is 651 g/mol. The van der Waals surface area contributed by atoms with Gasteiger partial charge in [-0.05, 0) is 53.0 Å². The summed E-state index contributed by atoms with van der Waals surface area (Å²) >= 11 is 3.13. The molecule has 1 heterocycles. The summed E-state index contributed by atoms with van der Waals surface area (Å²) in [6.45, 7) is 5.67. The third kappa shape index (κ3) is 8.24. The molecule has 3 rings (SSSR count). The number of allylic oxidation sites excluding steroid dienone is 3. The lowest BCUT2D eigenvalue weighted by molar-refractivity contribution is -0.121. The molecule has 0 saturated heterocycles. The summed E-state index contributed by atoms with van der Waals surface area (Å²) in [6.07, 6.45) is 6.06. The van der Waals surface area contributed by atoms with E-state index in [1.165, 1.54) is 3.70 Å². The fourth-order valence-electron chi connectivity index (χ4n) is 3.33. The molecule has 35 heavy (non-hydrogen) atoms. The number of hydrogen-bond acceptors (Lipinski definition) is 5. The number of para-hydroxylation sites is 2. The summed E-state index contributed by atoms with van der Waals surface area (Å²) in [5, 5.41) is 16.8. The van der Waals surface area contributed by atoms with Crippen LogP contribution in [0.25, 0.3) is 0 Å². The molecule has 1 aliphatic rings. The standard InChI is InChI=1S/C27H31BrIN3O3/c1-3-22(28)27-29-23(21-13-7-8-14-24(21)33)19-25(32(27)2)30-16-9-10-17-31-26(34)15-18-35-20-11-5-4-6-12-20/h3-8,11-14,19,30,33H,1,9-10,15-18H2,2H3,(H,31,34)/b27-22+. The zero-order chi connectivity index (χ0) is 25.0. The Morgan fingerprint density at radius 1 is 1.14 bits per heavy atom. The Balaban J connectivity index is 1.46. The smallest absolute Gasteiger partial charge is 0.223 e. The number of phenols is 1. The lowest BCUT2D eigenvalue weighted by atomic mass is 10.1. The van der Waals surface area contributed by atoms with Crippen LogP contribution in [0.1, 0.15) is 24.8 Å². The van der Waals surface area contributed by atoms with Crippen LogP contribution in [0.5, 0.6) is 11.5 Å². The molecule has 2 aromatic rings. The van der Waals surface area contributed by atoms with Crippen LogP contribution >= 0.6 is 36.7 Å². The summed E-state index contributed by atoms with van der Waals surface area (Å²) in [7, 11) is 2.04. The summed E-state index contributed by atoms with van der Waals surface area (Å²) in [6, 6.07) is 17.0. The Kier molecular flexibility index (Phi) is 10.9. The summed E-state index contributed by atoms with van der Waals surface area (Å²) in [4.78, 5) is 14.2. The SMILES string of the molecule is C=C/C(Br)=C1/I=C(c2ccccc2O)C=C(NCCCCNC(=O)CCOc2ccccc2)N1C. The molecule has 186 valence electrons. The van der Waals surface area contributed by atoms with Crippen molar-refractivity contribution >= 4 is 46.1 Å². The lowest BCUT2D eigenvalue weighted by Gasteiger charge is -2.29. The molecule has 0 spiro atoms. The normalized spacial score (nSPS) is 14.7. The van der Waals surface area contributed by atoms with Gasteiger partial charge in [0.2, 0.25) is 5.91 Å². The minimum absolute atomic E-state index is 0.00138. The summed E-state index contributed by atoms with van der Waals surface area (Å²) in [5.41, 5.74) is 0.869. The van der Waals surface area contributed by atoms with E-state index < -0.39 is 20.7 Å². The van der Waals surface area contributed by atoms with E-state index in [4.69, 9.17) is 4.74 Å². The first-order valence-electron chi connectivity index (χ1n) is 11.5. The number of rotatable bonds is 12. The number of phenolic OH excluding ortho intramolecular Hbond substituents is 1. The first-order chi connectivity index (χ1) is 17.0. The fraction of sp³-hybridized carbons (Fsp3) is 0.259. The molecular formula is C27H31BrIN3O3. The van der Waals surface area contributed by atoms with Gasteiger partial charge in [-0.2, -0.15) is 0 Å². The van der Waals surface area contributed by atoms with Gasteiger partial charge in [0.25, 0.3) is 0 Å². The van der Waals surface area contributed by atoms with Gasteiger partial charge in [0.1, 0.15) is 17.3 Å². The number of nitrogens with one attached hydrogen (secondary N) is 2. The molecule has 0 aromatic heterocycles. The van der Waals surface area contributed by atoms with Crippen LogP contribution in [0.15, 0.2) is 87.3 Å². The zero-order valence-electron chi connectivity index (χ0n) is 19.8. The van der Waals surface area contributed by atoms with Crippen LogP contribution in [-0.4, -0.2) is 46.2 Å². The molecule has 0 atom stereocenters. The first kappa shape index (κ1) is 27.0. The Morgan fingerprint density at radius 2 is 1.86 bits per heavy atom. The number of amides is 1. The molecule has 0 saturated carbocycles. The molecule has 0 radical (unpaired) electrons. The van der Waals surface area contributed by atoms with Crippen molar-refractivity contribution < 1.29 is 14.6 Å². The average molecular weight is 652 g/mol. The quantitative estimate of drug-likeness (QED) is 0.163. The molecule has 0 fully saturated rings. The van der Waals surface area contributed by atoms with Gasteiger partial charge >= 0.3 is 0 Å². The van der Waals surface area contributed by atoms with E-state index in [2.05, 4.69) is 44.1 Å². The van der Waals surface area contributed by atoms with Crippen molar-refractivity contribution in [2.45, 2.75) is 19.3 Å². The Bertz CT molecular complexity index is 1120. The molecule has 0 unspecified atom stereocenters. The maximum atomic E-state index is 12.0. The van der Waals surface area contributed by atoms with Gasteiger partial charge in [0, 0.05) is 33.7 Å². The number of halogens is 2. The Morgan fingerprint density at radius 3 is 2.60 bits per heavy atom. The number of ether oxygens (including phenoxy) is 1. The maximum absolute atomic E-state index is 12.0. The molecular weight excluding hydrogens is 621 g/mol. The Hall–Kier alpha value is -2.59. The van der Waals surface area contributed by atoms with Crippen LogP contribution in [0.2, 0.25) is 0 Å². The lowest BCUT2D eigenvalue weighted by Crippen LogP contribution is -2.31. The highest BCUT2D eigenvalue weighted by Crippen LogP contribution is 2.36. The molecule has 6 nitrogen and oxygen atoms in total. The molecule has 2 aromatic carbocycles. The maximum Gasteiger partial charge on any atom is 0.223 e. The minimum Gasteiger partial charge on any atom is -0.507 e. The second kappa shape index (κ2) is 14.1. The van der Waals surface area contributed by atoms with Crippen LogP contribution in [0, 0.1) is 0 Å². The highest BCUT2D eigenvalue weighted by molar-refractivity contribution is 14.2. The van der Waals surface area contributed by atoms with Crippen molar-refractivity contribution in [1.82, 2.24) is 15.5 Å². The third-order valence-electron chi connectivity index (χ3n) is 5.22. The number of unbranched alkanes of at least 4 members (excludes halogenated alkanes) is 1. The van der Waals surface area contributed by atoms with Crippen molar-refractivity contribution in [3.8, 4) is 11.5 Å². The molecule has 3 N–H and O–H groups in total. The van der Waals surface area contributed by atoms with Crippen molar-refractivity contribution in [3.63, 3.8) is 0 Å². The van der Waals surface area contributed by atoms with Crippen molar-refractivity contribution in [2.24, 2.45) is 0 Å². The highest BCUT2D eigenvalue weighted by atomic mass is 127. The summed E-state index contributed by atoms with van der Waals surface area (Å²) < 4.78 is 8.85. The van der Waals surface area contributed by atoms with E-state index in [1.807, 2.05) is 61.7 Å². The van der Waals surface area contributed by atoms with E-state index in [-0.39, 0.29) is 5.91 Å². The Labute approximate surface area is 225 Å². The number of hydrogen-bond donors (Lipinski definition) is 3. The van der Waals surface area contributed by atoms with Gasteiger partial charge in [-0.3, -0.25) is 4.79 Å². The number of benzene rings is 2. The van der Waals surface area contributed by atoms with Gasteiger partial charge in [-0.25, -0.2) is 0 Å². The van der Waals surface area contributed by atoms with E-state index in [0.29, 0.717) is 25.3 Å². The van der Waals surface area contributed by atoms with Gasteiger partial charge < -0.3 is 25.4 Å². The van der Waals surface area contributed by atoms with Crippen molar-refractivity contribution in [3.05, 3.63) is 92.9 Å². The molecule has 0 bridgehead atoms. The van der Waals surface area contributed by atoms with Crippen LogP contribution in [0.3, 0.4) is 0 Å². The first-order valence-corrected chi connectivity index (χ1v) is 14.4. The third-order valence-corrected chi connectivity index (χ3v) is 9.95. The van der Waals surface area contributed by atoms with Crippen LogP contribution in [0.4, 0.5) is 0 Å².